The van der Waals surface area contributed by atoms with Crippen LogP contribution in [0.2, 0.25) is 5.15 Å². The van der Waals surface area contributed by atoms with E-state index in [1.165, 1.54) is 4.88 Å². The SMILES string of the molecule is CC(C)c1nc(Cl)cc(N(C)CCc2cccs2)n1. The van der Waals surface area contributed by atoms with Gasteiger partial charge in [-0.3, -0.25) is 0 Å². The van der Waals surface area contributed by atoms with Gasteiger partial charge in [0.25, 0.3) is 0 Å². The Kier molecular flexibility index (Phi) is 4.77. The van der Waals surface area contributed by atoms with Crippen LogP contribution in [0.3, 0.4) is 0 Å². The average molecular weight is 296 g/mol. The molecule has 2 rings (SSSR count). The Labute approximate surface area is 123 Å². The van der Waals surface area contributed by atoms with Gasteiger partial charge in [0.05, 0.1) is 0 Å². The first-order valence-electron chi connectivity index (χ1n) is 6.34. The van der Waals surface area contributed by atoms with Crippen LogP contribution in [0.1, 0.15) is 30.5 Å². The molecule has 0 radical (unpaired) electrons. The molecular weight excluding hydrogens is 278 g/mol. The fourth-order valence-electron chi connectivity index (χ4n) is 1.72. The molecule has 0 atom stereocenters. The summed E-state index contributed by atoms with van der Waals surface area (Å²) in [6.07, 6.45) is 1.02. The van der Waals surface area contributed by atoms with Crippen molar-refractivity contribution >= 4 is 28.8 Å². The summed E-state index contributed by atoms with van der Waals surface area (Å²) in [5.74, 6) is 1.97. The van der Waals surface area contributed by atoms with Crippen LogP contribution in [0, 0.1) is 0 Å². The molecule has 0 aliphatic rings. The quantitative estimate of drug-likeness (QED) is 0.781. The lowest BCUT2D eigenvalue weighted by Crippen LogP contribution is -2.22. The van der Waals surface area contributed by atoms with Gasteiger partial charge in [0.1, 0.15) is 16.8 Å². The highest BCUT2D eigenvalue weighted by Gasteiger charge is 2.10. The lowest BCUT2D eigenvalue weighted by Gasteiger charge is -2.19. The smallest absolute Gasteiger partial charge is 0.135 e. The molecule has 19 heavy (non-hydrogen) atoms. The first kappa shape index (κ1) is 14.3. The molecule has 3 nitrogen and oxygen atoms in total. The van der Waals surface area contributed by atoms with Crippen LogP contribution >= 0.6 is 22.9 Å². The van der Waals surface area contributed by atoms with Crippen LogP contribution in [0.25, 0.3) is 0 Å². The molecule has 2 aromatic rings. The molecule has 0 fully saturated rings. The van der Waals surface area contributed by atoms with E-state index in [1.807, 2.05) is 13.1 Å². The maximum Gasteiger partial charge on any atom is 0.135 e. The third-order valence-corrected chi connectivity index (χ3v) is 4.01. The number of halogens is 1. The fourth-order valence-corrected chi connectivity index (χ4v) is 2.61. The summed E-state index contributed by atoms with van der Waals surface area (Å²) in [5.41, 5.74) is 0. The van der Waals surface area contributed by atoms with Crippen LogP contribution in [0.15, 0.2) is 23.6 Å². The van der Waals surface area contributed by atoms with E-state index in [-0.39, 0.29) is 5.92 Å². The summed E-state index contributed by atoms with van der Waals surface area (Å²) < 4.78 is 0. The number of rotatable bonds is 5. The highest BCUT2D eigenvalue weighted by Crippen LogP contribution is 2.20. The normalized spacial score (nSPS) is 11.0. The summed E-state index contributed by atoms with van der Waals surface area (Å²) in [4.78, 5) is 12.3. The lowest BCUT2D eigenvalue weighted by molar-refractivity contribution is 0.761. The van der Waals surface area contributed by atoms with Crippen molar-refractivity contribution in [1.29, 1.82) is 0 Å². The highest BCUT2D eigenvalue weighted by atomic mass is 35.5. The van der Waals surface area contributed by atoms with E-state index >= 15 is 0 Å². The topological polar surface area (TPSA) is 29.0 Å². The third-order valence-electron chi connectivity index (χ3n) is 2.88. The molecule has 102 valence electrons. The molecular formula is C14H18ClN3S. The Morgan fingerprint density at radius 3 is 2.79 bits per heavy atom. The van der Waals surface area contributed by atoms with Gasteiger partial charge in [-0.15, -0.1) is 11.3 Å². The number of anilines is 1. The average Bonchev–Trinajstić information content (AvgIpc) is 2.88. The molecule has 0 aliphatic heterocycles. The molecule has 5 heteroatoms. The third kappa shape index (κ3) is 3.91. The van der Waals surface area contributed by atoms with Gasteiger partial charge in [-0.25, -0.2) is 9.97 Å². The van der Waals surface area contributed by atoms with Gasteiger partial charge in [-0.05, 0) is 17.9 Å². The van der Waals surface area contributed by atoms with E-state index in [9.17, 15) is 0 Å². The first-order chi connectivity index (χ1) is 9.06. The van der Waals surface area contributed by atoms with Crippen molar-refractivity contribution in [2.75, 3.05) is 18.5 Å². The minimum Gasteiger partial charge on any atom is -0.359 e. The number of hydrogen-bond acceptors (Lipinski definition) is 4. The number of nitrogens with zero attached hydrogens (tertiary/aromatic N) is 3. The zero-order valence-electron chi connectivity index (χ0n) is 11.4. The minimum atomic E-state index is 0.281. The fraction of sp³-hybridized carbons (Fsp3) is 0.429. The lowest BCUT2D eigenvalue weighted by atomic mass is 10.2. The molecule has 0 saturated heterocycles. The van der Waals surface area contributed by atoms with E-state index < -0.39 is 0 Å². The summed E-state index contributed by atoms with van der Waals surface area (Å²) in [6, 6.07) is 6.06. The molecule has 0 aliphatic carbocycles. The molecule has 0 amide bonds. The molecule has 0 unspecified atom stereocenters. The molecule has 0 saturated carbocycles. The number of thiophene rings is 1. The molecule has 0 bridgehead atoms. The van der Waals surface area contributed by atoms with E-state index in [0.717, 1.165) is 24.6 Å². The van der Waals surface area contributed by atoms with E-state index in [0.29, 0.717) is 5.15 Å². The summed E-state index contributed by atoms with van der Waals surface area (Å²) in [6.45, 7) is 5.06. The van der Waals surface area contributed by atoms with Gasteiger partial charge < -0.3 is 4.90 Å². The summed E-state index contributed by atoms with van der Waals surface area (Å²) >= 11 is 7.85. The van der Waals surface area contributed by atoms with E-state index in [1.54, 1.807) is 11.3 Å². The summed E-state index contributed by atoms with van der Waals surface area (Å²) in [7, 11) is 2.04. The standard InChI is InChI=1S/C14H18ClN3S/c1-10(2)14-16-12(15)9-13(17-14)18(3)7-6-11-5-4-8-19-11/h4-5,8-10H,6-7H2,1-3H3. The Bertz CT molecular complexity index is 525. The van der Waals surface area contributed by atoms with E-state index in [4.69, 9.17) is 11.6 Å². The monoisotopic (exact) mass is 295 g/mol. The van der Waals surface area contributed by atoms with Crippen molar-refractivity contribution < 1.29 is 0 Å². The van der Waals surface area contributed by atoms with Crippen LogP contribution < -0.4 is 4.90 Å². The minimum absolute atomic E-state index is 0.281. The van der Waals surface area contributed by atoms with Crippen LogP contribution in [0.4, 0.5) is 5.82 Å². The summed E-state index contributed by atoms with van der Waals surface area (Å²) in [5, 5.41) is 2.62. The maximum atomic E-state index is 6.06. The van der Waals surface area contributed by atoms with Crippen molar-refractivity contribution in [1.82, 2.24) is 9.97 Å². The van der Waals surface area contributed by atoms with Gasteiger partial charge in [-0.1, -0.05) is 31.5 Å². The zero-order valence-corrected chi connectivity index (χ0v) is 13.0. The van der Waals surface area contributed by atoms with Crippen molar-refractivity contribution in [2.24, 2.45) is 0 Å². The van der Waals surface area contributed by atoms with Crippen molar-refractivity contribution in [3.63, 3.8) is 0 Å². The van der Waals surface area contributed by atoms with Crippen LogP contribution in [0.5, 0.6) is 0 Å². The van der Waals surface area contributed by atoms with Crippen molar-refractivity contribution in [3.05, 3.63) is 39.4 Å². The molecule has 0 N–H and O–H groups in total. The Morgan fingerprint density at radius 1 is 1.37 bits per heavy atom. The number of likely N-dealkylation sites (N-methyl/N-ethyl adjacent to an activating group) is 1. The molecule has 2 heterocycles. The van der Waals surface area contributed by atoms with Crippen molar-refractivity contribution in [2.45, 2.75) is 26.2 Å². The Morgan fingerprint density at radius 2 is 2.16 bits per heavy atom. The predicted molar refractivity (Wildman–Crippen MR) is 82.4 cm³/mol. The van der Waals surface area contributed by atoms with E-state index in [2.05, 4.69) is 46.2 Å². The van der Waals surface area contributed by atoms with Gasteiger partial charge in [0, 0.05) is 30.5 Å². The Balaban J connectivity index is 2.07. The number of hydrogen-bond donors (Lipinski definition) is 0. The van der Waals surface area contributed by atoms with Crippen LogP contribution in [-0.4, -0.2) is 23.6 Å². The molecule has 0 aromatic carbocycles. The van der Waals surface area contributed by atoms with Crippen molar-refractivity contribution in [3.8, 4) is 0 Å². The van der Waals surface area contributed by atoms with Gasteiger partial charge in [0.15, 0.2) is 0 Å². The molecule has 2 aromatic heterocycles. The predicted octanol–water partition coefficient (Wildman–Crippen LogP) is 3.99. The first-order valence-corrected chi connectivity index (χ1v) is 7.60. The van der Waals surface area contributed by atoms with Gasteiger partial charge >= 0.3 is 0 Å². The number of aromatic nitrogens is 2. The second-order valence-electron chi connectivity index (χ2n) is 4.81. The maximum absolute atomic E-state index is 6.06. The second kappa shape index (κ2) is 6.35. The zero-order chi connectivity index (χ0) is 13.8. The van der Waals surface area contributed by atoms with Gasteiger partial charge in [0.2, 0.25) is 0 Å². The Hall–Kier alpha value is -1.13. The second-order valence-corrected chi connectivity index (χ2v) is 6.23. The van der Waals surface area contributed by atoms with Gasteiger partial charge in [-0.2, -0.15) is 0 Å². The highest BCUT2D eigenvalue weighted by molar-refractivity contribution is 7.09. The molecule has 0 spiro atoms. The largest absolute Gasteiger partial charge is 0.359 e. The van der Waals surface area contributed by atoms with Crippen LogP contribution in [-0.2, 0) is 6.42 Å².